The number of primary amides is 1. The van der Waals surface area contributed by atoms with Gasteiger partial charge in [-0.25, -0.2) is 0 Å². The molecule has 40 heavy (non-hydrogen) atoms. The number of nitrogens with one attached hydrogen (secondary N) is 1. The largest absolute Gasteiger partial charge is 0.379 e. The minimum Gasteiger partial charge on any atom is -0.379 e. The van der Waals surface area contributed by atoms with E-state index in [0.29, 0.717) is 41.1 Å². The van der Waals surface area contributed by atoms with Crippen LogP contribution in [0.5, 0.6) is 0 Å². The maximum atomic E-state index is 13.1. The van der Waals surface area contributed by atoms with E-state index in [1.807, 2.05) is 36.4 Å². The van der Waals surface area contributed by atoms with Crippen molar-refractivity contribution in [1.82, 2.24) is 10.2 Å². The lowest BCUT2D eigenvalue weighted by molar-refractivity contribution is -0.117. The number of halogens is 2. The van der Waals surface area contributed by atoms with Crippen LogP contribution in [0.25, 0.3) is 11.1 Å². The number of carbonyl (C=O) groups excluding carboxylic acids is 2. The number of carbonyl (C=O) groups is 2. The standard InChI is InChI=1S/C30H31Cl2N5O3/c31-27-9-8-25(17-28(27)32)37(11-10-33)19-26(38)18-35-29(20-36-12-14-40-15-13-36)22-6-4-21(5-7-22)23-2-1-3-24(16-23)30(34)39/h1-9,16-17,29,35H,11-15,18-20H2,(H2,34,39). The number of ether oxygens (including phenoxy) is 1. The van der Waals surface area contributed by atoms with Crippen LogP contribution < -0.4 is 16.0 Å². The molecule has 4 rings (SSSR count). The predicted octanol–water partition coefficient (Wildman–Crippen LogP) is 4.32. The summed E-state index contributed by atoms with van der Waals surface area (Å²) >= 11 is 12.2. The van der Waals surface area contributed by atoms with Crippen LogP contribution in [0.15, 0.2) is 66.7 Å². The number of hydrogen-bond donors (Lipinski definition) is 2. The van der Waals surface area contributed by atoms with Gasteiger partial charge in [-0.15, -0.1) is 0 Å². The Morgan fingerprint density at radius 2 is 1.77 bits per heavy atom. The second kappa shape index (κ2) is 14.3. The van der Waals surface area contributed by atoms with E-state index in [0.717, 1.165) is 29.8 Å². The molecule has 1 saturated heterocycles. The van der Waals surface area contributed by atoms with E-state index in [1.165, 1.54) is 0 Å². The number of Topliss-reactive ketones (excluding diaryl/α,β-unsaturated/α-hetero) is 1. The van der Waals surface area contributed by atoms with E-state index in [2.05, 4.69) is 16.3 Å². The van der Waals surface area contributed by atoms with Crippen molar-refractivity contribution in [2.75, 3.05) is 57.4 Å². The molecular formula is C30H31Cl2N5O3. The summed E-state index contributed by atoms with van der Waals surface area (Å²) in [6.45, 7) is 3.91. The molecule has 1 aliphatic heterocycles. The van der Waals surface area contributed by atoms with Gasteiger partial charge in [0.05, 0.1) is 42.4 Å². The molecule has 8 nitrogen and oxygen atoms in total. The fourth-order valence-electron chi connectivity index (χ4n) is 4.60. The van der Waals surface area contributed by atoms with Crippen LogP contribution in [-0.2, 0) is 9.53 Å². The normalized spacial score (nSPS) is 14.3. The predicted molar refractivity (Wildman–Crippen MR) is 158 cm³/mol. The first-order valence-corrected chi connectivity index (χ1v) is 13.7. The van der Waals surface area contributed by atoms with E-state index in [1.54, 1.807) is 35.2 Å². The van der Waals surface area contributed by atoms with E-state index in [-0.39, 0.29) is 31.5 Å². The Balaban J connectivity index is 1.47. The molecule has 1 amide bonds. The molecule has 0 spiro atoms. The molecule has 0 saturated carbocycles. The lowest BCUT2D eigenvalue weighted by Crippen LogP contribution is -2.43. The SMILES string of the molecule is N#CCN(CC(=O)CNC(CN1CCOCC1)c1ccc(-c2cccc(C(N)=O)c2)cc1)c1ccc(Cl)c(Cl)c1. The first-order chi connectivity index (χ1) is 19.3. The highest BCUT2D eigenvalue weighted by molar-refractivity contribution is 6.42. The Hall–Kier alpha value is -3.45. The zero-order chi connectivity index (χ0) is 28.5. The summed E-state index contributed by atoms with van der Waals surface area (Å²) in [6, 6.07) is 22.3. The van der Waals surface area contributed by atoms with Gasteiger partial charge in [0.25, 0.3) is 0 Å². The molecule has 0 radical (unpaired) electrons. The van der Waals surface area contributed by atoms with Crippen molar-refractivity contribution in [2.24, 2.45) is 5.73 Å². The van der Waals surface area contributed by atoms with Crippen molar-refractivity contribution in [2.45, 2.75) is 6.04 Å². The molecule has 1 aliphatic rings. The number of nitrogens with two attached hydrogens (primary N) is 1. The zero-order valence-corrected chi connectivity index (χ0v) is 23.5. The molecule has 208 valence electrons. The van der Waals surface area contributed by atoms with Crippen molar-refractivity contribution in [3.05, 3.63) is 87.9 Å². The van der Waals surface area contributed by atoms with Crippen LogP contribution in [0.3, 0.4) is 0 Å². The van der Waals surface area contributed by atoms with Crippen LogP contribution in [0.4, 0.5) is 5.69 Å². The Morgan fingerprint density at radius 1 is 1.02 bits per heavy atom. The van der Waals surface area contributed by atoms with Crippen LogP contribution in [-0.4, -0.2) is 69.1 Å². The first-order valence-electron chi connectivity index (χ1n) is 13.0. The number of nitriles is 1. The third-order valence-corrected chi connectivity index (χ3v) is 7.52. The van der Waals surface area contributed by atoms with Crippen LogP contribution in [0, 0.1) is 11.3 Å². The van der Waals surface area contributed by atoms with Gasteiger partial charge < -0.3 is 20.7 Å². The van der Waals surface area contributed by atoms with E-state index >= 15 is 0 Å². The maximum absolute atomic E-state index is 13.1. The number of amides is 1. The van der Waals surface area contributed by atoms with Crippen molar-refractivity contribution >= 4 is 40.6 Å². The minimum atomic E-state index is -0.467. The fraction of sp³-hybridized carbons (Fsp3) is 0.300. The maximum Gasteiger partial charge on any atom is 0.248 e. The number of morpholine rings is 1. The fourth-order valence-corrected chi connectivity index (χ4v) is 4.89. The topological polar surface area (TPSA) is 112 Å². The third kappa shape index (κ3) is 8.04. The Kier molecular flexibility index (Phi) is 10.5. The summed E-state index contributed by atoms with van der Waals surface area (Å²) in [5, 5.41) is 13.5. The van der Waals surface area contributed by atoms with Gasteiger partial charge in [-0.05, 0) is 47.0 Å². The molecule has 1 atom stereocenters. The number of anilines is 1. The summed E-state index contributed by atoms with van der Waals surface area (Å²) in [6.07, 6.45) is 0. The van der Waals surface area contributed by atoms with Crippen molar-refractivity contribution < 1.29 is 14.3 Å². The van der Waals surface area contributed by atoms with Gasteiger partial charge >= 0.3 is 0 Å². The Morgan fingerprint density at radius 3 is 2.45 bits per heavy atom. The summed E-state index contributed by atoms with van der Waals surface area (Å²) in [7, 11) is 0. The minimum absolute atomic E-state index is 0.0410. The molecule has 1 heterocycles. The molecule has 0 aromatic heterocycles. The summed E-state index contributed by atoms with van der Waals surface area (Å²) < 4.78 is 5.50. The van der Waals surface area contributed by atoms with E-state index < -0.39 is 5.91 Å². The first kappa shape index (κ1) is 29.5. The van der Waals surface area contributed by atoms with Crippen molar-refractivity contribution in [1.29, 1.82) is 5.26 Å². The van der Waals surface area contributed by atoms with Gasteiger partial charge in [0.2, 0.25) is 5.91 Å². The van der Waals surface area contributed by atoms with Crippen LogP contribution in [0.1, 0.15) is 22.0 Å². The lowest BCUT2D eigenvalue weighted by Gasteiger charge is -2.31. The number of benzene rings is 3. The second-order valence-electron chi connectivity index (χ2n) is 9.56. The molecular weight excluding hydrogens is 549 g/mol. The molecule has 3 aromatic rings. The van der Waals surface area contributed by atoms with Gasteiger partial charge in [0.1, 0.15) is 6.54 Å². The highest BCUT2D eigenvalue weighted by Crippen LogP contribution is 2.27. The molecule has 3 aromatic carbocycles. The molecule has 0 aliphatic carbocycles. The average Bonchev–Trinajstić information content (AvgIpc) is 2.97. The summed E-state index contributed by atoms with van der Waals surface area (Å²) in [5.74, 6) is -0.529. The molecule has 3 N–H and O–H groups in total. The quantitative estimate of drug-likeness (QED) is 0.307. The van der Waals surface area contributed by atoms with Gasteiger partial charge in [-0.2, -0.15) is 5.26 Å². The summed E-state index contributed by atoms with van der Waals surface area (Å²) in [4.78, 5) is 28.7. The number of hydrogen-bond acceptors (Lipinski definition) is 7. The highest BCUT2D eigenvalue weighted by Gasteiger charge is 2.20. The van der Waals surface area contributed by atoms with Crippen molar-refractivity contribution in [3.8, 4) is 17.2 Å². The van der Waals surface area contributed by atoms with Gasteiger partial charge in [-0.1, -0.05) is 59.6 Å². The average molecular weight is 581 g/mol. The number of nitrogens with zero attached hydrogens (tertiary/aromatic N) is 3. The van der Waals surface area contributed by atoms with Crippen LogP contribution >= 0.6 is 23.2 Å². The Labute approximate surface area is 244 Å². The van der Waals surface area contributed by atoms with Gasteiger partial charge in [0, 0.05) is 36.9 Å². The highest BCUT2D eigenvalue weighted by atomic mass is 35.5. The third-order valence-electron chi connectivity index (χ3n) is 6.78. The molecule has 1 fully saturated rings. The molecule has 10 heteroatoms. The number of ketones is 1. The summed E-state index contributed by atoms with van der Waals surface area (Å²) in [5.41, 5.74) is 9.45. The Bertz CT molecular complexity index is 1370. The monoisotopic (exact) mass is 579 g/mol. The number of rotatable bonds is 12. The van der Waals surface area contributed by atoms with Gasteiger partial charge in [-0.3, -0.25) is 14.5 Å². The molecule has 0 bridgehead atoms. The van der Waals surface area contributed by atoms with Crippen LogP contribution in [0.2, 0.25) is 10.0 Å². The molecule has 1 unspecified atom stereocenters. The van der Waals surface area contributed by atoms with Gasteiger partial charge in [0.15, 0.2) is 5.78 Å². The zero-order valence-electron chi connectivity index (χ0n) is 22.0. The van der Waals surface area contributed by atoms with E-state index in [4.69, 9.17) is 33.7 Å². The smallest absolute Gasteiger partial charge is 0.248 e. The second-order valence-corrected chi connectivity index (χ2v) is 10.4. The van der Waals surface area contributed by atoms with Crippen molar-refractivity contribution in [3.63, 3.8) is 0 Å². The lowest BCUT2D eigenvalue weighted by atomic mass is 9.99. The van der Waals surface area contributed by atoms with E-state index in [9.17, 15) is 14.9 Å².